The van der Waals surface area contributed by atoms with E-state index in [0.29, 0.717) is 17.0 Å². The van der Waals surface area contributed by atoms with Gasteiger partial charge in [0.1, 0.15) is 11.9 Å². The molecule has 8 heteroatoms. The number of Topliss-reactive ketones (excluding diaryl/α,β-unsaturated/α-hetero) is 2. The topological polar surface area (TPSA) is 117 Å². The molecule has 0 unspecified atom stereocenters. The number of aliphatic hydroxyl groups excluding tert-OH is 3. The molecule has 0 aliphatic carbocycles. The first kappa shape index (κ1) is 23.3. The minimum absolute atomic E-state index is 0.0239. The van der Waals surface area contributed by atoms with Crippen molar-refractivity contribution < 1.29 is 34.4 Å². The van der Waals surface area contributed by atoms with Crippen molar-refractivity contribution in [3.8, 4) is 0 Å². The zero-order valence-electron chi connectivity index (χ0n) is 17.1. The first-order chi connectivity index (χ1) is 14.2. The Hall–Kier alpha value is -1.35. The summed E-state index contributed by atoms with van der Waals surface area (Å²) in [6.07, 6.45) is -3.49. The molecule has 0 bridgehead atoms. The number of halogens is 1. The van der Waals surface area contributed by atoms with Gasteiger partial charge in [0.05, 0.1) is 43.5 Å². The van der Waals surface area contributed by atoms with Crippen LogP contribution in [0.5, 0.6) is 0 Å². The van der Waals surface area contributed by atoms with E-state index in [1.165, 1.54) is 0 Å². The molecule has 2 saturated heterocycles. The smallest absolute Gasteiger partial charge is 0.170 e. The Bertz CT molecular complexity index is 750. The molecule has 0 spiro atoms. The summed E-state index contributed by atoms with van der Waals surface area (Å²) >= 11 is 5.80. The molecule has 2 aliphatic rings. The van der Waals surface area contributed by atoms with E-state index in [1.54, 1.807) is 31.2 Å². The van der Waals surface area contributed by atoms with E-state index in [-0.39, 0.29) is 49.1 Å². The van der Waals surface area contributed by atoms with Gasteiger partial charge < -0.3 is 24.8 Å². The lowest BCUT2D eigenvalue weighted by Crippen LogP contribution is -2.51. The molecule has 0 amide bonds. The fourth-order valence-electron chi connectivity index (χ4n) is 3.92. The number of rotatable bonds is 9. The molecule has 1 aromatic carbocycles. The highest BCUT2D eigenvalue weighted by atomic mass is 35.5. The van der Waals surface area contributed by atoms with Gasteiger partial charge in [-0.25, -0.2) is 0 Å². The van der Waals surface area contributed by atoms with Crippen LogP contribution in [-0.4, -0.2) is 70.1 Å². The van der Waals surface area contributed by atoms with Crippen LogP contribution in [0, 0.1) is 11.8 Å². The maximum atomic E-state index is 12.3. The summed E-state index contributed by atoms with van der Waals surface area (Å²) in [6.45, 7) is 3.72. The first-order valence-electron chi connectivity index (χ1n) is 10.3. The van der Waals surface area contributed by atoms with Gasteiger partial charge in [0, 0.05) is 35.3 Å². The highest BCUT2D eigenvalue weighted by Crippen LogP contribution is 2.37. The Morgan fingerprint density at radius 3 is 2.43 bits per heavy atom. The largest absolute Gasteiger partial charge is 0.393 e. The predicted octanol–water partition coefficient (Wildman–Crippen LogP) is 1.78. The first-order valence-corrected chi connectivity index (χ1v) is 10.7. The summed E-state index contributed by atoms with van der Waals surface area (Å²) in [6, 6.07) is 6.31. The third-order valence-corrected chi connectivity index (χ3v) is 6.37. The number of aliphatic hydroxyl groups is 3. The predicted molar refractivity (Wildman–Crippen MR) is 109 cm³/mol. The molecular weight excluding hydrogens is 412 g/mol. The standard InChI is InChI=1S/C22H29ClO7/c1-11(12(2)24)22-19(30-22)9-18-21(28)20(27)14(10-29-18)7-16(25)8-17(26)13-3-5-15(23)6-4-13/h3-6,11-12,14,18-22,24,27-28H,7-10H2,1-2H3/t11-,12-,14-,18-,19-,20+,21-,22-/m0/s1. The van der Waals surface area contributed by atoms with E-state index in [1.807, 2.05) is 6.92 Å². The van der Waals surface area contributed by atoms with Gasteiger partial charge in [-0.3, -0.25) is 9.59 Å². The van der Waals surface area contributed by atoms with Crippen LogP contribution in [0.3, 0.4) is 0 Å². The van der Waals surface area contributed by atoms with Gasteiger partial charge in [-0.1, -0.05) is 18.5 Å². The molecule has 1 aromatic rings. The second-order valence-electron chi connectivity index (χ2n) is 8.44. The van der Waals surface area contributed by atoms with Crippen LogP contribution >= 0.6 is 11.6 Å². The number of hydrogen-bond donors (Lipinski definition) is 3. The lowest BCUT2D eigenvalue weighted by molar-refractivity contribution is -0.170. The second kappa shape index (κ2) is 9.85. The van der Waals surface area contributed by atoms with Gasteiger partial charge in [0.15, 0.2) is 5.78 Å². The number of ether oxygens (including phenoxy) is 2. The Morgan fingerprint density at radius 1 is 1.13 bits per heavy atom. The lowest BCUT2D eigenvalue weighted by atomic mass is 9.85. The van der Waals surface area contributed by atoms with Gasteiger partial charge >= 0.3 is 0 Å². The van der Waals surface area contributed by atoms with Crippen LogP contribution < -0.4 is 0 Å². The highest BCUT2D eigenvalue weighted by Gasteiger charge is 2.48. The molecule has 2 fully saturated rings. The van der Waals surface area contributed by atoms with Crippen molar-refractivity contribution in [3.63, 3.8) is 0 Å². The fraction of sp³-hybridized carbons (Fsp3) is 0.636. The van der Waals surface area contributed by atoms with E-state index in [9.17, 15) is 24.9 Å². The minimum Gasteiger partial charge on any atom is -0.393 e. The van der Waals surface area contributed by atoms with Crippen molar-refractivity contribution >= 4 is 23.2 Å². The second-order valence-corrected chi connectivity index (χ2v) is 8.87. The van der Waals surface area contributed by atoms with Crippen molar-refractivity contribution in [1.82, 2.24) is 0 Å². The van der Waals surface area contributed by atoms with E-state index in [0.717, 1.165) is 0 Å². The van der Waals surface area contributed by atoms with Crippen LogP contribution in [0.4, 0.5) is 0 Å². The summed E-state index contributed by atoms with van der Waals surface area (Å²) in [5, 5.41) is 31.1. The Balaban J connectivity index is 1.47. The minimum atomic E-state index is -1.14. The summed E-state index contributed by atoms with van der Waals surface area (Å²) in [5.74, 6) is -1.23. The average molecular weight is 441 g/mol. The Kier molecular flexibility index (Phi) is 7.66. The van der Waals surface area contributed by atoms with Crippen molar-refractivity contribution in [3.05, 3.63) is 34.9 Å². The maximum Gasteiger partial charge on any atom is 0.170 e. The summed E-state index contributed by atoms with van der Waals surface area (Å²) in [5.41, 5.74) is 0.402. The van der Waals surface area contributed by atoms with E-state index in [4.69, 9.17) is 21.1 Å². The van der Waals surface area contributed by atoms with Gasteiger partial charge in [-0.15, -0.1) is 0 Å². The van der Waals surface area contributed by atoms with Crippen LogP contribution in [0.15, 0.2) is 24.3 Å². The van der Waals surface area contributed by atoms with Crippen molar-refractivity contribution in [1.29, 1.82) is 0 Å². The molecule has 3 rings (SSSR count). The number of ketones is 2. The van der Waals surface area contributed by atoms with Crippen LogP contribution in [0.2, 0.25) is 5.02 Å². The normalized spacial score (nSPS) is 33.0. The molecule has 0 aromatic heterocycles. The summed E-state index contributed by atoms with van der Waals surface area (Å²) < 4.78 is 11.3. The van der Waals surface area contributed by atoms with Crippen molar-refractivity contribution in [2.45, 2.75) is 69.7 Å². The third kappa shape index (κ3) is 5.66. The highest BCUT2D eigenvalue weighted by molar-refractivity contribution is 6.30. The maximum absolute atomic E-state index is 12.3. The molecule has 3 N–H and O–H groups in total. The van der Waals surface area contributed by atoms with E-state index >= 15 is 0 Å². The monoisotopic (exact) mass is 440 g/mol. The van der Waals surface area contributed by atoms with E-state index < -0.39 is 30.3 Å². The van der Waals surface area contributed by atoms with Gasteiger partial charge in [-0.05, 0) is 31.2 Å². The average Bonchev–Trinajstić information content (AvgIpc) is 3.46. The molecule has 0 saturated carbocycles. The van der Waals surface area contributed by atoms with Gasteiger partial charge in [-0.2, -0.15) is 0 Å². The van der Waals surface area contributed by atoms with Crippen LogP contribution in [0.25, 0.3) is 0 Å². The van der Waals surface area contributed by atoms with Crippen LogP contribution in [-0.2, 0) is 14.3 Å². The number of carbonyl (C=O) groups excluding carboxylic acids is 2. The SMILES string of the molecule is C[C@H]([C@@H]1O[C@H]1C[C@@H]1OC[C@H](CC(=O)CC(=O)c2ccc(Cl)cc2)[C@@H](O)[C@H]1O)[C@H](C)O. The quantitative estimate of drug-likeness (QED) is 0.304. The Morgan fingerprint density at radius 2 is 1.80 bits per heavy atom. The van der Waals surface area contributed by atoms with Crippen molar-refractivity contribution in [2.24, 2.45) is 11.8 Å². The summed E-state index contributed by atoms with van der Waals surface area (Å²) in [7, 11) is 0. The Labute approximate surface area is 180 Å². The van der Waals surface area contributed by atoms with E-state index in [2.05, 4.69) is 0 Å². The molecule has 2 aliphatic heterocycles. The molecule has 2 heterocycles. The molecule has 166 valence electrons. The van der Waals surface area contributed by atoms with Gasteiger partial charge in [0.25, 0.3) is 0 Å². The fourth-order valence-corrected chi connectivity index (χ4v) is 4.05. The molecule has 7 nitrogen and oxygen atoms in total. The van der Waals surface area contributed by atoms with Crippen molar-refractivity contribution in [2.75, 3.05) is 6.61 Å². The number of epoxide rings is 1. The molecule has 30 heavy (non-hydrogen) atoms. The summed E-state index contributed by atoms with van der Waals surface area (Å²) in [4.78, 5) is 24.6. The zero-order valence-corrected chi connectivity index (χ0v) is 17.9. The zero-order chi connectivity index (χ0) is 22.0. The van der Waals surface area contributed by atoms with Crippen LogP contribution in [0.1, 0.15) is 43.5 Å². The molecular formula is C22H29ClO7. The molecule has 8 atom stereocenters. The number of carbonyl (C=O) groups is 2. The third-order valence-electron chi connectivity index (χ3n) is 6.12. The van der Waals surface area contributed by atoms with Gasteiger partial charge in [0.2, 0.25) is 0 Å². The number of hydrogen-bond acceptors (Lipinski definition) is 7. The number of benzene rings is 1. The lowest BCUT2D eigenvalue weighted by Gasteiger charge is -2.37. The molecule has 0 radical (unpaired) electrons.